The van der Waals surface area contributed by atoms with Gasteiger partial charge in [-0.05, 0) is 37.8 Å². The van der Waals surface area contributed by atoms with Crippen LogP contribution in [0.15, 0.2) is 36.4 Å². The number of aromatic nitrogens is 1. The van der Waals surface area contributed by atoms with Gasteiger partial charge in [-0.2, -0.15) is 0 Å². The third-order valence-electron chi connectivity index (χ3n) is 3.65. The minimum atomic E-state index is -0.588. The third-order valence-corrected chi connectivity index (χ3v) is 3.65. The molecule has 1 atom stereocenters. The van der Waals surface area contributed by atoms with Crippen molar-refractivity contribution >= 4 is 10.9 Å². The van der Waals surface area contributed by atoms with Gasteiger partial charge in [-0.15, -0.1) is 0 Å². The molecule has 1 N–H and O–H groups in total. The summed E-state index contributed by atoms with van der Waals surface area (Å²) in [7, 11) is 0. The highest BCUT2D eigenvalue weighted by molar-refractivity contribution is 5.78. The number of rotatable bonds is 3. The van der Waals surface area contributed by atoms with Crippen molar-refractivity contribution in [3.8, 4) is 0 Å². The molecule has 0 aliphatic heterocycles. The number of nitrogens with zero attached hydrogens (tertiary/aromatic N) is 1. The number of fused-ring (bicyclic) bond motifs is 1. The van der Waals surface area contributed by atoms with E-state index in [2.05, 4.69) is 17.1 Å². The van der Waals surface area contributed by atoms with E-state index in [-0.39, 0.29) is 0 Å². The molecule has 0 spiro atoms. The second-order valence-electron chi connectivity index (χ2n) is 5.30. The van der Waals surface area contributed by atoms with Gasteiger partial charge in [0, 0.05) is 17.5 Å². The lowest BCUT2D eigenvalue weighted by molar-refractivity contribution is 0.0363. The minimum Gasteiger partial charge on any atom is -0.389 e. The van der Waals surface area contributed by atoms with Gasteiger partial charge in [-0.1, -0.05) is 24.3 Å². The number of aliphatic hydroxyl groups is 1. The quantitative estimate of drug-likeness (QED) is 0.874. The van der Waals surface area contributed by atoms with Crippen molar-refractivity contribution in [3.63, 3.8) is 0 Å². The average molecular weight is 227 g/mol. The molecule has 1 heterocycles. The van der Waals surface area contributed by atoms with Gasteiger partial charge in [-0.25, -0.2) is 0 Å². The van der Waals surface area contributed by atoms with Crippen LogP contribution in [0.1, 0.15) is 25.5 Å². The Morgan fingerprint density at radius 3 is 2.76 bits per heavy atom. The molecule has 2 nitrogen and oxygen atoms in total. The Morgan fingerprint density at radius 1 is 1.24 bits per heavy atom. The normalized spacial score (nSPS) is 19.2. The molecule has 0 saturated heterocycles. The zero-order valence-electron chi connectivity index (χ0n) is 10.1. The highest BCUT2D eigenvalue weighted by atomic mass is 16.3. The topological polar surface area (TPSA) is 33.1 Å². The second kappa shape index (κ2) is 3.81. The van der Waals surface area contributed by atoms with Crippen molar-refractivity contribution < 1.29 is 5.11 Å². The summed E-state index contributed by atoms with van der Waals surface area (Å²) in [5.74, 6) is 0.468. The molecule has 3 rings (SSSR count). The molecule has 1 saturated carbocycles. The lowest BCUT2D eigenvalue weighted by atomic mass is 9.94. The van der Waals surface area contributed by atoms with E-state index in [1.165, 1.54) is 0 Å². The standard InChI is InChI=1S/C15H17NO/c1-15(17,12-7-8-12)10-13-9-6-11-4-2-3-5-14(11)16-13/h2-6,9,12,17H,7-8,10H2,1H3. The molecule has 1 aromatic heterocycles. The molecule has 1 fully saturated rings. The predicted molar refractivity (Wildman–Crippen MR) is 68.8 cm³/mol. The molecule has 0 bridgehead atoms. The van der Waals surface area contributed by atoms with Gasteiger partial charge in [0.05, 0.1) is 11.1 Å². The van der Waals surface area contributed by atoms with E-state index in [9.17, 15) is 5.11 Å². The van der Waals surface area contributed by atoms with Gasteiger partial charge in [-0.3, -0.25) is 4.98 Å². The van der Waals surface area contributed by atoms with Crippen molar-refractivity contribution in [2.45, 2.75) is 31.8 Å². The van der Waals surface area contributed by atoms with E-state index in [0.29, 0.717) is 12.3 Å². The lowest BCUT2D eigenvalue weighted by Crippen LogP contribution is -2.30. The molecule has 88 valence electrons. The van der Waals surface area contributed by atoms with E-state index in [0.717, 1.165) is 29.4 Å². The summed E-state index contributed by atoms with van der Waals surface area (Å²) < 4.78 is 0. The van der Waals surface area contributed by atoms with Crippen LogP contribution >= 0.6 is 0 Å². The number of para-hydroxylation sites is 1. The summed E-state index contributed by atoms with van der Waals surface area (Å²) in [6, 6.07) is 12.2. The smallest absolute Gasteiger partial charge is 0.0705 e. The number of pyridine rings is 1. The first-order chi connectivity index (χ1) is 8.15. The summed E-state index contributed by atoms with van der Waals surface area (Å²) in [4.78, 5) is 4.61. The first kappa shape index (κ1) is 10.7. The number of hydrogen-bond acceptors (Lipinski definition) is 2. The Hall–Kier alpha value is -1.41. The van der Waals surface area contributed by atoms with Crippen LogP contribution in [0.25, 0.3) is 10.9 Å². The van der Waals surface area contributed by atoms with Crippen LogP contribution in [0.4, 0.5) is 0 Å². The van der Waals surface area contributed by atoms with E-state index >= 15 is 0 Å². The van der Waals surface area contributed by atoms with E-state index in [4.69, 9.17) is 0 Å². The van der Waals surface area contributed by atoms with Crippen LogP contribution in [-0.2, 0) is 6.42 Å². The van der Waals surface area contributed by atoms with Crippen LogP contribution < -0.4 is 0 Å². The maximum atomic E-state index is 10.3. The molecule has 17 heavy (non-hydrogen) atoms. The Bertz CT molecular complexity index is 543. The molecule has 2 aromatic rings. The molecule has 2 heteroatoms. The van der Waals surface area contributed by atoms with Crippen molar-refractivity contribution in [3.05, 3.63) is 42.1 Å². The number of benzene rings is 1. The van der Waals surface area contributed by atoms with Gasteiger partial charge in [0.1, 0.15) is 0 Å². The summed E-state index contributed by atoms with van der Waals surface area (Å²) in [5.41, 5.74) is 1.41. The highest BCUT2D eigenvalue weighted by Crippen LogP contribution is 2.41. The first-order valence-corrected chi connectivity index (χ1v) is 6.22. The molecule has 1 aliphatic carbocycles. The third kappa shape index (κ3) is 2.18. The van der Waals surface area contributed by atoms with Crippen LogP contribution in [0.2, 0.25) is 0 Å². The molecule has 1 aromatic carbocycles. The van der Waals surface area contributed by atoms with Gasteiger partial charge >= 0.3 is 0 Å². The predicted octanol–water partition coefficient (Wildman–Crippen LogP) is 2.94. The first-order valence-electron chi connectivity index (χ1n) is 6.22. The zero-order chi connectivity index (χ0) is 11.9. The fraction of sp³-hybridized carbons (Fsp3) is 0.400. The Kier molecular flexibility index (Phi) is 2.40. The van der Waals surface area contributed by atoms with Gasteiger partial charge in [0.25, 0.3) is 0 Å². The van der Waals surface area contributed by atoms with E-state index < -0.39 is 5.60 Å². The molecule has 0 radical (unpaired) electrons. The van der Waals surface area contributed by atoms with Gasteiger partial charge in [0.2, 0.25) is 0 Å². The minimum absolute atomic E-state index is 0.468. The van der Waals surface area contributed by atoms with E-state index in [1.807, 2.05) is 31.2 Å². The number of hydrogen-bond donors (Lipinski definition) is 1. The largest absolute Gasteiger partial charge is 0.389 e. The van der Waals surface area contributed by atoms with Gasteiger partial charge in [0.15, 0.2) is 0 Å². The maximum absolute atomic E-state index is 10.3. The van der Waals surface area contributed by atoms with Crippen molar-refractivity contribution in [2.75, 3.05) is 0 Å². The van der Waals surface area contributed by atoms with Gasteiger partial charge < -0.3 is 5.11 Å². The van der Waals surface area contributed by atoms with Crippen molar-refractivity contribution in [2.24, 2.45) is 5.92 Å². The van der Waals surface area contributed by atoms with Crippen LogP contribution in [0, 0.1) is 5.92 Å². The monoisotopic (exact) mass is 227 g/mol. The SMILES string of the molecule is CC(O)(Cc1ccc2ccccc2n1)C1CC1. The van der Waals surface area contributed by atoms with Crippen molar-refractivity contribution in [1.29, 1.82) is 0 Å². The van der Waals surface area contributed by atoms with Crippen LogP contribution in [0.3, 0.4) is 0 Å². The fourth-order valence-electron chi connectivity index (χ4n) is 2.42. The lowest BCUT2D eigenvalue weighted by Gasteiger charge is -2.22. The maximum Gasteiger partial charge on any atom is 0.0705 e. The summed E-state index contributed by atoms with van der Waals surface area (Å²) in [5, 5.41) is 11.5. The second-order valence-corrected chi connectivity index (χ2v) is 5.30. The Balaban J connectivity index is 1.90. The molecule has 0 amide bonds. The summed E-state index contributed by atoms with van der Waals surface area (Å²) >= 11 is 0. The molecule has 1 unspecified atom stereocenters. The summed E-state index contributed by atoms with van der Waals surface area (Å²) in [6.45, 7) is 1.93. The Morgan fingerprint density at radius 2 is 2.00 bits per heavy atom. The Labute approximate surface area is 101 Å². The fourth-order valence-corrected chi connectivity index (χ4v) is 2.42. The summed E-state index contributed by atoms with van der Waals surface area (Å²) in [6.07, 6.45) is 2.96. The average Bonchev–Trinajstić information content (AvgIpc) is 3.12. The zero-order valence-corrected chi connectivity index (χ0v) is 10.1. The molecular weight excluding hydrogens is 210 g/mol. The molecular formula is C15H17NO. The highest BCUT2D eigenvalue weighted by Gasteiger charge is 2.40. The van der Waals surface area contributed by atoms with Crippen molar-refractivity contribution in [1.82, 2.24) is 4.98 Å². The van der Waals surface area contributed by atoms with Crippen LogP contribution in [0.5, 0.6) is 0 Å². The van der Waals surface area contributed by atoms with Crippen LogP contribution in [-0.4, -0.2) is 15.7 Å². The van der Waals surface area contributed by atoms with E-state index in [1.54, 1.807) is 0 Å². The molecule has 1 aliphatic rings.